The van der Waals surface area contributed by atoms with Crippen LogP contribution in [0.15, 0.2) is 42.6 Å². The van der Waals surface area contributed by atoms with Gasteiger partial charge in [0.05, 0.1) is 24.4 Å². The summed E-state index contributed by atoms with van der Waals surface area (Å²) < 4.78 is 6.43. The van der Waals surface area contributed by atoms with E-state index in [0.29, 0.717) is 19.1 Å². The van der Waals surface area contributed by atoms with E-state index in [1.165, 1.54) is 18.4 Å². The quantitative estimate of drug-likeness (QED) is 0.740. The smallest absolute Gasteiger partial charge is 0.317 e. The van der Waals surface area contributed by atoms with Crippen molar-refractivity contribution in [2.45, 2.75) is 69.4 Å². The number of hydrogen-bond donors (Lipinski definition) is 2. The van der Waals surface area contributed by atoms with Crippen LogP contribution in [0, 0.1) is 0 Å². The molecule has 2 N–H and O–H groups in total. The topological polar surface area (TPSA) is 70.2 Å². The Morgan fingerprint density at radius 3 is 2.67 bits per heavy atom. The van der Waals surface area contributed by atoms with Crippen molar-refractivity contribution in [2.75, 3.05) is 19.7 Å². The number of rotatable bonds is 6. The van der Waals surface area contributed by atoms with Crippen molar-refractivity contribution in [2.24, 2.45) is 0 Å². The van der Waals surface area contributed by atoms with Gasteiger partial charge in [0.15, 0.2) is 0 Å². The molecule has 2 amide bonds. The summed E-state index contributed by atoms with van der Waals surface area (Å²) in [4.78, 5) is 14.7. The van der Waals surface area contributed by atoms with E-state index in [4.69, 9.17) is 4.74 Å². The van der Waals surface area contributed by atoms with Gasteiger partial charge in [0.2, 0.25) is 0 Å². The normalized spacial score (nSPS) is 27.0. The molecule has 1 saturated heterocycles. The summed E-state index contributed by atoms with van der Waals surface area (Å²) in [6, 6.07) is 12.9. The molecule has 2 fully saturated rings. The average Bonchev–Trinajstić information content (AvgIpc) is 3.33. The van der Waals surface area contributed by atoms with Crippen LogP contribution in [-0.2, 0) is 4.74 Å². The highest BCUT2D eigenvalue weighted by molar-refractivity contribution is 5.74. The summed E-state index contributed by atoms with van der Waals surface area (Å²) in [5, 5.41) is 10.3. The lowest BCUT2D eigenvalue weighted by Gasteiger charge is -2.41. The zero-order valence-corrected chi connectivity index (χ0v) is 17.9. The lowest BCUT2D eigenvalue weighted by molar-refractivity contribution is -0.0170. The van der Waals surface area contributed by atoms with Gasteiger partial charge in [-0.15, -0.1) is 0 Å². The molecule has 2 atom stereocenters. The number of H-pyrrole nitrogens is 1. The monoisotopic (exact) mass is 410 g/mol. The van der Waals surface area contributed by atoms with E-state index in [1.54, 1.807) is 0 Å². The van der Waals surface area contributed by atoms with Gasteiger partial charge in [-0.1, -0.05) is 30.3 Å². The molecule has 1 aromatic heterocycles. The number of carbonyl (C=O) groups is 1. The van der Waals surface area contributed by atoms with Gasteiger partial charge < -0.3 is 15.0 Å². The molecular weight excluding hydrogens is 376 g/mol. The van der Waals surface area contributed by atoms with Crippen LogP contribution in [0.5, 0.6) is 0 Å². The van der Waals surface area contributed by atoms with Crippen molar-refractivity contribution < 1.29 is 9.53 Å². The van der Waals surface area contributed by atoms with Crippen LogP contribution in [0.2, 0.25) is 0 Å². The molecule has 2 aromatic rings. The SMILES string of the molecule is CCNC(=O)N1CCCC(c2cc[nH]n2)[C@@H]1CO[C@H]1CC[C@@H](c2ccccc2)CC1. The van der Waals surface area contributed by atoms with Gasteiger partial charge in [0.25, 0.3) is 0 Å². The number of nitrogens with zero attached hydrogens (tertiary/aromatic N) is 2. The number of aromatic amines is 1. The van der Waals surface area contributed by atoms with Gasteiger partial charge in [-0.3, -0.25) is 5.10 Å². The molecule has 0 radical (unpaired) electrons. The third-order valence-electron chi connectivity index (χ3n) is 6.72. The van der Waals surface area contributed by atoms with Crippen molar-refractivity contribution in [3.63, 3.8) is 0 Å². The Balaban J connectivity index is 1.38. The summed E-state index contributed by atoms with van der Waals surface area (Å²) in [5.41, 5.74) is 2.48. The minimum atomic E-state index is 0.0131. The number of nitrogens with one attached hydrogen (secondary N) is 2. The molecule has 0 bridgehead atoms. The first-order valence-corrected chi connectivity index (χ1v) is 11.5. The van der Waals surface area contributed by atoms with E-state index < -0.39 is 0 Å². The maximum atomic E-state index is 12.7. The molecule has 162 valence electrons. The Kier molecular flexibility index (Phi) is 7.05. The third-order valence-corrected chi connectivity index (χ3v) is 6.72. The van der Waals surface area contributed by atoms with E-state index in [1.807, 2.05) is 24.1 Å². The number of benzene rings is 1. The second-order valence-electron chi connectivity index (χ2n) is 8.56. The first-order chi connectivity index (χ1) is 14.8. The van der Waals surface area contributed by atoms with Gasteiger partial charge >= 0.3 is 6.03 Å². The Morgan fingerprint density at radius 2 is 1.97 bits per heavy atom. The molecule has 1 unspecified atom stereocenters. The van der Waals surface area contributed by atoms with Crippen molar-refractivity contribution in [1.82, 2.24) is 20.4 Å². The number of hydrogen-bond acceptors (Lipinski definition) is 3. The molecule has 1 aliphatic carbocycles. The van der Waals surface area contributed by atoms with E-state index >= 15 is 0 Å². The average molecular weight is 411 g/mol. The molecule has 6 heteroatoms. The summed E-state index contributed by atoms with van der Waals surface area (Å²) in [7, 11) is 0. The van der Waals surface area contributed by atoms with E-state index in [2.05, 4.69) is 45.8 Å². The van der Waals surface area contributed by atoms with Crippen LogP contribution in [0.1, 0.15) is 68.5 Å². The second kappa shape index (κ2) is 10.1. The van der Waals surface area contributed by atoms with Crippen LogP contribution >= 0.6 is 0 Å². The van der Waals surface area contributed by atoms with Crippen molar-refractivity contribution in [1.29, 1.82) is 0 Å². The predicted molar refractivity (Wildman–Crippen MR) is 118 cm³/mol. The van der Waals surface area contributed by atoms with Gasteiger partial charge in [-0.05, 0) is 63.0 Å². The Morgan fingerprint density at radius 1 is 1.17 bits per heavy atom. The number of urea groups is 1. The van der Waals surface area contributed by atoms with Gasteiger partial charge in [0, 0.05) is 25.2 Å². The third kappa shape index (κ3) is 4.86. The van der Waals surface area contributed by atoms with Crippen LogP contribution in [0.4, 0.5) is 4.79 Å². The van der Waals surface area contributed by atoms with Crippen molar-refractivity contribution in [3.8, 4) is 0 Å². The van der Waals surface area contributed by atoms with Gasteiger partial charge in [-0.25, -0.2) is 4.79 Å². The minimum absolute atomic E-state index is 0.0131. The largest absolute Gasteiger partial charge is 0.376 e. The molecule has 1 aliphatic heterocycles. The fourth-order valence-electron chi connectivity index (χ4n) is 5.11. The highest BCUT2D eigenvalue weighted by atomic mass is 16.5. The van der Waals surface area contributed by atoms with Gasteiger partial charge in [-0.2, -0.15) is 5.10 Å². The number of likely N-dealkylation sites (tertiary alicyclic amines) is 1. The fraction of sp³-hybridized carbons (Fsp3) is 0.583. The Hall–Kier alpha value is -2.34. The zero-order chi connectivity index (χ0) is 20.8. The molecule has 6 nitrogen and oxygen atoms in total. The lowest BCUT2D eigenvalue weighted by atomic mass is 9.82. The predicted octanol–water partition coefficient (Wildman–Crippen LogP) is 4.43. The molecular formula is C24H34N4O2. The van der Waals surface area contributed by atoms with Crippen LogP contribution in [0.25, 0.3) is 0 Å². The van der Waals surface area contributed by atoms with E-state index in [0.717, 1.165) is 37.9 Å². The number of piperidine rings is 1. The molecule has 2 heterocycles. The maximum absolute atomic E-state index is 12.7. The highest BCUT2D eigenvalue weighted by Crippen LogP contribution is 2.36. The fourth-order valence-corrected chi connectivity index (χ4v) is 5.11. The number of ether oxygens (including phenoxy) is 1. The highest BCUT2D eigenvalue weighted by Gasteiger charge is 2.37. The molecule has 4 rings (SSSR count). The van der Waals surface area contributed by atoms with Gasteiger partial charge in [0.1, 0.15) is 0 Å². The maximum Gasteiger partial charge on any atom is 0.317 e. The summed E-state index contributed by atoms with van der Waals surface area (Å²) in [6.07, 6.45) is 8.68. The van der Waals surface area contributed by atoms with Crippen molar-refractivity contribution in [3.05, 3.63) is 53.9 Å². The first-order valence-electron chi connectivity index (χ1n) is 11.5. The van der Waals surface area contributed by atoms with Crippen LogP contribution in [-0.4, -0.2) is 53.0 Å². The van der Waals surface area contributed by atoms with Crippen LogP contribution < -0.4 is 5.32 Å². The summed E-state index contributed by atoms with van der Waals surface area (Å²) in [6.45, 7) is 3.96. The summed E-state index contributed by atoms with van der Waals surface area (Å²) >= 11 is 0. The number of aromatic nitrogens is 2. The first kappa shape index (κ1) is 20.9. The second-order valence-corrected chi connectivity index (χ2v) is 8.56. The lowest BCUT2D eigenvalue weighted by Crippen LogP contribution is -2.53. The molecule has 2 aliphatic rings. The van der Waals surface area contributed by atoms with E-state index in [9.17, 15) is 4.79 Å². The van der Waals surface area contributed by atoms with Crippen LogP contribution in [0.3, 0.4) is 0 Å². The Bertz CT molecular complexity index is 772. The number of carbonyl (C=O) groups excluding carboxylic acids is 1. The molecule has 30 heavy (non-hydrogen) atoms. The zero-order valence-electron chi connectivity index (χ0n) is 17.9. The number of amides is 2. The molecule has 1 saturated carbocycles. The van der Waals surface area contributed by atoms with E-state index in [-0.39, 0.29) is 24.1 Å². The standard InChI is InChI=1S/C24H34N4O2/c1-2-25-24(29)28-16-6-9-21(22-14-15-26-27-22)23(28)17-30-20-12-10-19(11-13-20)18-7-4-3-5-8-18/h3-5,7-8,14-15,19-21,23H,2,6,9-13,16-17H2,1H3,(H,25,29)(H,26,27)/t19-,20+,21?,23-/m0/s1. The summed E-state index contributed by atoms with van der Waals surface area (Å²) in [5.74, 6) is 0.859. The molecule has 1 aromatic carbocycles. The molecule has 0 spiro atoms. The minimum Gasteiger partial charge on any atom is -0.376 e. The Labute approximate surface area is 179 Å². The van der Waals surface area contributed by atoms with Crippen molar-refractivity contribution >= 4 is 6.03 Å².